The van der Waals surface area contributed by atoms with Crippen LogP contribution in [0.15, 0.2) is 212 Å². The van der Waals surface area contributed by atoms with E-state index in [1.807, 2.05) is 44.2 Å². The van der Waals surface area contributed by atoms with Crippen molar-refractivity contribution in [2.75, 3.05) is 72.7 Å². The van der Waals surface area contributed by atoms with Crippen LogP contribution in [0.1, 0.15) is 350 Å². The van der Waals surface area contributed by atoms with Crippen LogP contribution >= 0.6 is 0 Å². The van der Waals surface area contributed by atoms with Crippen molar-refractivity contribution in [1.82, 2.24) is 0 Å². The van der Waals surface area contributed by atoms with Crippen molar-refractivity contribution in [3.8, 4) is 0 Å². The molecule has 792 valence electrons. The third-order valence-electron chi connectivity index (χ3n) is 25.9. The van der Waals surface area contributed by atoms with Crippen LogP contribution in [0.4, 0.5) is 0 Å². The Hall–Kier alpha value is -12.4. The summed E-state index contributed by atoms with van der Waals surface area (Å²) in [4.78, 5) is 160. The third kappa shape index (κ3) is 45.7. The van der Waals surface area contributed by atoms with Crippen LogP contribution in [0.3, 0.4) is 0 Å². The van der Waals surface area contributed by atoms with Gasteiger partial charge < -0.3 is 61.6 Å². The minimum atomic E-state index is -0.861. The van der Waals surface area contributed by atoms with Crippen molar-refractivity contribution in [3.05, 3.63) is 251 Å². The van der Waals surface area contributed by atoms with Gasteiger partial charge in [-0.1, -0.05) is 301 Å². The topological polar surface area (TPSA) is 342 Å². The van der Waals surface area contributed by atoms with Gasteiger partial charge in [0.1, 0.15) is 65.6 Å². The summed E-state index contributed by atoms with van der Waals surface area (Å²) in [6, 6.07) is 60.9. The Balaban J connectivity index is 0.000000463. The second-order valence-electron chi connectivity index (χ2n) is 36.6. The Labute approximate surface area is 856 Å². The Morgan fingerprint density at radius 3 is 0.653 bits per heavy atom. The van der Waals surface area contributed by atoms with Crippen molar-refractivity contribution in [3.63, 3.8) is 0 Å². The molecule has 6 fully saturated rings. The molecule has 0 saturated heterocycles. The largest absolute Gasteiger partial charge is 0.465 e. The van der Waals surface area contributed by atoms with Gasteiger partial charge in [0.05, 0.1) is 98.5 Å². The van der Waals surface area contributed by atoms with Crippen LogP contribution in [-0.2, 0) is 90.3 Å². The molecule has 0 heterocycles. The average molecular weight is 2000 g/mol. The summed E-state index contributed by atoms with van der Waals surface area (Å²) in [5.74, 6) is -4.63. The van der Waals surface area contributed by atoms with E-state index in [-0.39, 0.29) is 188 Å². The molecular formula is C118H164O26. The quantitative estimate of drug-likeness (QED) is 0.0196. The highest BCUT2D eigenvalue weighted by Gasteiger charge is 2.40. The molecule has 0 radical (unpaired) electrons. The van der Waals surface area contributed by atoms with Crippen molar-refractivity contribution >= 4 is 77.6 Å². The first-order valence-corrected chi connectivity index (χ1v) is 49.8. The van der Waals surface area contributed by atoms with E-state index in [9.17, 15) is 62.3 Å². The van der Waals surface area contributed by atoms with Gasteiger partial charge in [-0.15, -0.1) is 0 Å². The highest BCUT2D eigenvalue weighted by atomic mass is 16.6. The standard InChI is InChI=1S/C27H38O6.C27H32O6.C24H26O6.2C17H22O4.6CH4/c2*1-2-27(18-31-24(28)21-12-6-3-7-13-21,19-32-25(29)22-14-8-4-9-15-22)20-33-26(30)23-16-10-5-11-17-23;25-22(18-10-4-1-5-11-18)28-16-21(30-24(27)20-14-8-3-9-15-20)17-29-23(26)19-12-6-2-7-13-19;1-13(21-17(19)15-10-6-3-7-11-15)12-20-16(18)14-8-4-2-5-9-14;18-16(14-8-3-1-4-9-14)20-12-7-13-21-17(19)15-10-5-2-6-11-15;;;;;;/h3,6-7,12-13,22-23H,2,4-5,8-11,14-20H2,1H3;3-4,6-9,12-15,23H,2,5,10-11,16-20H2,1H3;1-2,4-7,10-13,20-21H,3,8-9,14-17H2;2,4-5,8-9,13,15H,3,6-7,10-12H2,1H3;1,3-4,8-9,15H,2,5-7,10-13H2;6*1H4. The number of rotatable bonds is 39. The SMILES string of the molecule is C.C.C.C.C.C.CC(COC(=O)c1ccccc1)OC(=O)C1CCCCC1.CCC(COC(=O)c1ccccc1)(COC(=O)C1CCCCC1)COC(=O)C1CCCCC1.CCC(COC(=O)c1ccccc1)(COC(=O)c1ccccc1)COC(=O)C1CCCCC1.O=C(OCC(COC(=O)c1ccccc1)OC(=O)C1CCCCC1)c1ccccc1.O=C(OCCCOC(=O)C1CCCCC1)c1ccccc1. The van der Waals surface area contributed by atoms with Gasteiger partial charge in [-0.3, -0.25) is 28.8 Å². The number of carbonyl (C=O) groups is 13. The maximum Gasteiger partial charge on any atom is 0.338 e. The van der Waals surface area contributed by atoms with Gasteiger partial charge in [-0.2, -0.15) is 0 Å². The van der Waals surface area contributed by atoms with E-state index in [2.05, 4.69) is 0 Å². The molecule has 6 saturated carbocycles. The number of hydrogen-bond acceptors (Lipinski definition) is 26. The molecule has 6 aliphatic rings. The van der Waals surface area contributed by atoms with Crippen LogP contribution in [-0.4, -0.2) is 162 Å². The number of esters is 13. The van der Waals surface area contributed by atoms with Crippen molar-refractivity contribution in [1.29, 1.82) is 0 Å². The summed E-state index contributed by atoms with van der Waals surface area (Å²) in [7, 11) is 0. The highest BCUT2D eigenvalue weighted by molar-refractivity contribution is 5.93. The fourth-order valence-electron chi connectivity index (χ4n) is 16.9. The normalized spacial score (nSPS) is 15.1. The van der Waals surface area contributed by atoms with E-state index in [0.29, 0.717) is 64.8 Å². The second-order valence-corrected chi connectivity index (χ2v) is 36.6. The first-order valence-electron chi connectivity index (χ1n) is 49.8. The Kier molecular flexibility index (Phi) is 62.2. The van der Waals surface area contributed by atoms with E-state index in [4.69, 9.17) is 61.6 Å². The van der Waals surface area contributed by atoms with Crippen LogP contribution in [0, 0.1) is 46.3 Å². The molecule has 6 aliphatic carbocycles. The predicted molar refractivity (Wildman–Crippen MR) is 556 cm³/mol. The van der Waals surface area contributed by atoms with Crippen molar-refractivity contribution in [2.24, 2.45) is 46.3 Å². The van der Waals surface area contributed by atoms with Crippen LogP contribution in [0.25, 0.3) is 0 Å². The van der Waals surface area contributed by atoms with Crippen LogP contribution in [0.5, 0.6) is 0 Å². The van der Waals surface area contributed by atoms with Crippen LogP contribution < -0.4 is 0 Å². The van der Waals surface area contributed by atoms with Gasteiger partial charge >= 0.3 is 77.6 Å². The molecule has 26 nitrogen and oxygen atoms in total. The zero-order valence-electron chi connectivity index (χ0n) is 80.6. The first kappa shape index (κ1) is 126. The smallest absolute Gasteiger partial charge is 0.338 e. The van der Waals surface area contributed by atoms with Crippen molar-refractivity contribution < 1.29 is 124 Å². The zero-order chi connectivity index (χ0) is 98.2. The lowest BCUT2D eigenvalue weighted by Crippen LogP contribution is -2.40. The van der Waals surface area contributed by atoms with Gasteiger partial charge in [0.25, 0.3) is 0 Å². The molecule has 144 heavy (non-hydrogen) atoms. The Morgan fingerprint density at radius 2 is 0.417 bits per heavy atom. The maximum absolute atomic E-state index is 12.7. The van der Waals surface area contributed by atoms with E-state index >= 15 is 0 Å². The summed E-state index contributed by atoms with van der Waals surface area (Å²) in [5.41, 5.74) is 1.57. The lowest BCUT2D eigenvalue weighted by molar-refractivity contribution is -0.163. The number of ether oxygens (including phenoxy) is 13. The molecule has 0 aliphatic heterocycles. The van der Waals surface area contributed by atoms with E-state index in [1.165, 1.54) is 12.8 Å². The summed E-state index contributed by atoms with van der Waals surface area (Å²) in [5, 5.41) is 0. The summed E-state index contributed by atoms with van der Waals surface area (Å²) in [6.45, 7) is 6.01. The highest BCUT2D eigenvalue weighted by Crippen LogP contribution is 2.35. The van der Waals surface area contributed by atoms with E-state index in [0.717, 1.165) is 180 Å². The molecule has 13 rings (SSSR count). The zero-order valence-corrected chi connectivity index (χ0v) is 80.6. The molecule has 0 amide bonds. The average Bonchev–Trinajstić information content (AvgIpc) is 0.842. The summed E-state index contributed by atoms with van der Waals surface area (Å²) < 4.78 is 71.0. The molecule has 26 heteroatoms. The molecule has 0 spiro atoms. The van der Waals surface area contributed by atoms with E-state index in [1.54, 1.807) is 189 Å². The molecule has 0 N–H and O–H groups in total. The number of hydrogen-bond donors (Lipinski definition) is 0. The van der Waals surface area contributed by atoms with Crippen LogP contribution in [0.2, 0.25) is 0 Å². The molecule has 1 unspecified atom stereocenters. The van der Waals surface area contributed by atoms with Crippen molar-refractivity contribution in [2.45, 2.75) is 289 Å². The molecule has 7 aromatic carbocycles. The van der Waals surface area contributed by atoms with Gasteiger partial charge in [0.2, 0.25) is 0 Å². The van der Waals surface area contributed by atoms with E-state index < -0.39 is 58.9 Å². The predicted octanol–water partition coefficient (Wildman–Crippen LogP) is 25.4. The Morgan fingerprint density at radius 1 is 0.229 bits per heavy atom. The summed E-state index contributed by atoms with van der Waals surface area (Å²) in [6.07, 6.45) is 30.4. The lowest BCUT2D eigenvalue weighted by Gasteiger charge is -2.32. The molecule has 7 aromatic rings. The first-order chi connectivity index (χ1) is 67.1. The molecule has 0 bridgehead atoms. The van der Waals surface area contributed by atoms with Gasteiger partial charge in [-0.05, 0) is 182 Å². The fraction of sp³-hybridized carbons (Fsp3) is 0.534. The molecule has 0 aromatic heterocycles. The number of carbonyl (C=O) groups excluding carboxylic acids is 13. The van der Waals surface area contributed by atoms with Gasteiger partial charge in [0, 0.05) is 6.42 Å². The minimum Gasteiger partial charge on any atom is -0.465 e. The van der Waals surface area contributed by atoms with Gasteiger partial charge in [-0.25, -0.2) is 33.6 Å². The fourth-order valence-corrected chi connectivity index (χ4v) is 16.9. The third-order valence-corrected chi connectivity index (χ3v) is 25.9. The Bertz CT molecular complexity index is 4640. The number of benzene rings is 7. The minimum absolute atomic E-state index is 0. The monoisotopic (exact) mass is 2000 g/mol. The summed E-state index contributed by atoms with van der Waals surface area (Å²) >= 11 is 0. The molecule has 1 atom stereocenters. The molecular weight excluding hydrogens is 1830 g/mol. The second kappa shape index (κ2) is 71.2. The lowest BCUT2D eigenvalue weighted by atomic mass is 9.86. The van der Waals surface area contributed by atoms with Gasteiger partial charge in [0.15, 0.2) is 6.10 Å². The maximum atomic E-state index is 12.7.